The third-order valence-electron chi connectivity index (χ3n) is 7.94. The lowest BCUT2D eigenvalue weighted by molar-refractivity contribution is 0.0323. The van der Waals surface area contributed by atoms with E-state index in [-0.39, 0.29) is 11.5 Å². The highest BCUT2D eigenvalue weighted by molar-refractivity contribution is 5.68. The van der Waals surface area contributed by atoms with Gasteiger partial charge in [-0.25, -0.2) is 4.79 Å². The zero-order chi connectivity index (χ0) is 35.6. The molecular formula is C41H59NO6. The molecule has 1 saturated heterocycles. The van der Waals surface area contributed by atoms with Crippen LogP contribution in [0.5, 0.6) is 0 Å². The third-order valence-corrected chi connectivity index (χ3v) is 7.94. The minimum atomic E-state index is -1.20. The van der Waals surface area contributed by atoms with Crippen molar-refractivity contribution in [2.24, 2.45) is 5.92 Å². The van der Waals surface area contributed by atoms with Gasteiger partial charge in [0.15, 0.2) is 0 Å². The number of ether oxygens (including phenoxy) is 2. The van der Waals surface area contributed by atoms with Gasteiger partial charge in [0.1, 0.15) is 17.8 Å². The predicted octanol–water partition coefficient (Wildman–Crippen LogP) is 6.96. The molecule has 2 aromatic rings. The van der Waals surface area contributed by atoms with Crippen LogP contribution in [0.2, 0.25) is 0 Å². The second kappa shape index (κ2) is 20.9. The van der Waals surface area contributed by atoms with Gasteiger partial charge >= 0.3 is 6.09 Å². The summed E-state index contributed by atoms with van der Waals surface area (Å²) < 4.78 is 10.8. The number of benzene rings is 2. The van der Waals surface area contributed by atoms with Crippen LogP contribution in [0.4, 0.5) is 4.79 Å². The van der Waals surface area contributed by atoms with Crippen molar-refractivity contribution < 1.29 is 29.6 Å². The number of amides is 1. The number of rotatable bonds is 12. The SMILES string of the molecule is CCCCCc1ccc(C#C[C@H](O)[C@@H](CO)NC(=O)OC(C)(C)C)cc1.CCCCCc1ccc(C#C[C@H](O)[C@H]2COC(C)(C)C2)cc1. The number of unbranched alkanes of at least 4 members (excludes halogenated alkanes) is 4. The van der Waals surface area contributed by atoms with Crippen molar-refractivity contribution in [1.29, 1.82) is 0 Å². The molecule has 0 spiro atoms. The van der Waals surface area contributed by atoms with Crippen molar-refractivity contribution in [3.63, 3.8) is 0 Å². The molecule has 0 saturated carbocycles. The van der Waals surface area contributed by atoms with Crippen LogP contribution in [0.25, 0.3) is 0 Å². The molecule has 7 heteroatoms. The molecule has 0 radical (unpaired) electrons. The fourth-order valence-corrected chi connectivity index (χ4v) is 5.17. The van der Waals surface area contributed by atoms with Gasteiger partial charge in [0.25, 0.3) is 0 Å². The maximum absolute atomic E-state index is 11.7. The maximum atomic E-state index is 11.7. The lowest BCUT2D eigenvalue weighted by Gasteiger charge is -2.23. The van der Waals surface area contributed by atoms with Crippen LogP contribution < -0.4 is 5.32 Å². The first-order valence-corrected chi connectivity index (χ1v) is 17.6. The number of alkyl carbamates (subject to hydrolysis) is 1. The normalized spacial score (nSPS) is 16.9. The lowest BCUT2D eigenvalue weighted by Crippen LogP contribution is -2.47. The molecule has 0 bridgehead atoms. The standard InChI is InChI=1S/C21H31NO4.C20H28O2/c1-5-6-7-8-16-9-11-17(12-10-16)13-14-19(24)18(15-23)22-20(25)26-21(2,3)4;1-4-5-6-7-16-8-10-17(11-9-16)12-13-19(21)18-14-20(2,3)22-15-18/h9-12,18-19,23-24H,5-8,15H2,1-4H3,(H,22,25);8-11,18-19,21H,4-7,14-15H2,1-3H3/t2*18-,19+/m11/s1. The van der Waals surface area contributed by atoms with Crippen LogP contribution in [0.15, 0.2) is 48.5 Å². The molecule has 1 heterocycles. The lowest BCUT2D eigenvalue weighted by atomic mass is 9.93. The van der Waals surface area contributed by atoms with E-state index in [1.165, 1.54) is 49.7 Å². The third kappa shape index (κ3) is 16.7. The first kappa shape index (κ1) is 40.8. The Kier molecular flexibility index (Phi) is 17.8. The van der Waals surface area contributed by atoms with Crippen LogP contribution >= 0.6 is 0 Å². The summed E-state index contributed by atoms with van der Waals surface area (Å²) in [6, 6.07) is 15.4. The van der Waals surface area contributed by atoms with E-state index in [4.69, 9.17) is 9.47 Å². The Morgan fingerprint density at radius 3 is 1.81 bits per heavy atom. The fraction of sp³-hybridized carbons (Fsp3) is 0.585. The molecule has 0 aliphatic carbocycles. The van der Waals surface area contributed by atoms with Gasteiger partial charge in [-0.2, -0.15) is 0 Å². The molecular weight excluding hydrogens is 602 g/mol. The van der Waals surface area contributed by atoms with Crippen molar-refractivity contribution in [3.05, 3.63) is 70.8 Å². The van der Waals surface area contributed by atoms with E-state index in [0.29, 0.717) is 6.61 Å². The van der Waals surface area contributed by atoms with Gasteiger partial charge in [0.2, 0.25) is 0 Å². The molecule has 1 aliphatic rings. The van der Waals surface area contributed by atoms with E-state index in [1.807, 2.05) is 24.3 Å². The topological polar surface area (TPSA) is 108 Å². The highest BCUT2D eigenvalue weighted by atomic mass is 16.6. The highest BCUT2D eigenvalue weighted by Gasteiger charge is 2.35. The minimum absolute atomic E-state index is 0.121. The molecule has 3 rings (SSSR count). The summed E-state index contributed by atoms with van der Waals surface area (Å²) in [5.74, 6) is 11.7. The Hall–Kier alpha value is -3.33. The van der Waals surface area contributed by atoms with E-state index in [0.717, 1.165) is 30.4 Å². The molecule has 1 amide bonds. The summed E-state index contributed by atoms with van der Waals surface area (Å²) in [6.07, 6.45) is 7.93. The molecule has 264 valence electrons. The Morgan fingerprint density at radius 1 is 0.896 bits per heavy atom. The summed E-state index contributed by atoms with van der Waals surface area (Å²) in [7, 11) is 0. The van der Waals surface area contributed by atoms with E-state index < -0.39 is 36.6 Å². The molecule has 4 atom stereocenters. The number of aryl methyl sites for hydroxylation is 2. The van der Waals surface area contributed by atoms with Gasteiger partial charge in [0, 0.05) is 17.0 Å². The minimum Gasteiger partial charge on any atom is -0.444 e. The van der Waals surface area contributed by atoms with Crippen molar-refractivity contribution in [1.82, 2.24) is 5.32 Å². The van der Waals surface area contributed by atoms with E-state index in [1.54, 1.807) is 20.8 Å². The van der Waals surface area contributed by atoms with Crippen LogP contribution in [0.1, 0.15) is 116 Å². The predicted molar refractivity (Wildman–Crippen MR) is 193 cm³/mol. The fourth-order valence-electron chi connectivity index (χ4n) is 5.17. The second-order valence-corrected chi connectivity index (χ2v) is 14.2. The average molecular weight is 662 g/mol. The largest absolute Gasteiger partial charge is 0.444 e. The smallest absolute Gasteiger partial charge is 0.408 e. The molecule has 2 aromatic carbocycles. The molecule has 7 nitrogen and oxygen atoms in total. The highest BCUT2D eigenvalue weighted by Crippen LogP contribution is 2.31. The number of carbonyl (C=O) groups excluding carboxylic acids is 1. The van der Waals surface area contributed by atoms with E-state index in [9.17, 15) is 20.1 Å². The van der Waals surface area contributed by atoms with Crippen molar-refractivity contribution in [2.45, 2.75) is 136 Å². The summed E-state index contributed by atoms with van der Waals surface area (Å²) in [6.45, 7) is 13.9. The average Bonchev–Trinajstić information content (AvgIpc) is 3.41. The molecule has 0 aromatic heterocycles. The Labute approximate surface area is 289 Å². The van der Waals surface area contributed by atoms with Crippen molar-refractivity contribution in [3.8, 4) is 23.7 Å². The van der Waals surface area contributed by atoms with Gasteiger partial charge in [-0.1, -0.05) is 87.5 Å². The van der Waals surface area contributed by atoms with E-state index in [2.05, 4.69) is 81.0 Å². The quantitative estimate of drug-likeness (QED) is 0.145. The van der Waals surface area contributed by atoms with Crippen LogP contribution in [0, 0.1) is 29.6 Å². The Bertz CT molecular complexity index is 1340. The van der Waals surface area contributed by atoms with Crippen molar-refractivity contribution >= 4 is 6.09 Å². The zero-order valence-corrected chi connectivity index (χ0v) is 30.3. The number of aliphatic hydroxyl groups excluding tert-OH is 3. The Balaban J connectivity index is 0.000000338. The van der Waals surface area contributed by atoms with Crippen LogP contribution in [0.3, 0.4) is 0 Å². The van der Waals surface area contributed by atoms with Gasteiger partial charge in [-0.05, 0) is 102 Å². The number of hydrogen-bond donors (Lipinski definition) is 4. The van der Waals surface area contributed by atoms with Gasteiger partial charge < -0.3 is 30.1 Å². The molecule has 1 fully saturated rings. The molecule has 48 heavy (non-hydrogen) atoms. The molecule has 4 N–H and O–H groups in total. The van der Waals surface area contributed by atoms with Gasteiger partial charge in [-0.3, -0.25) is 0 Å². The summed E-state index contributed by atoms with van der Waals surface area (Å²) >= 11 is 0. The Morgan fingerprint density at radius 2 is 1.40 bits per heavy atom. The molecule has 1 aliphatic heterocycles. The summed E-state index contributed by atoms with van der Waals surface area (Å²) in [4.78, 5) is 11.7. The second-order valence-electron chi connectivity index (χ2n) is 14.2. The van der Waals surface area contributed by atoms with Gasteiger partial charge in [-0.15, -0.1) is 0 Å². The zero-order valence-electron chi connectivity index (χ0n) is 30.3. The first-order valence-electron chi connectivity index (χ1n) is 17.6. The first-order chi connectivity index (χ1) is 22.7. The van der Waals surface area contributed by atoms with E-state index >= 15 is 0 Å². The summed E-state index contributed by atoms with van der Waals surface area (Å²) in [5, 5.41) is 32.1. The number of nitrogens with one attached hydrogen (secondary N) is 1. The number of hydrogen-bond acceptors (Lipinski definition) is 6. The van der Waals surface area contributed by atoms with Crippen LogP contribution in [-0.4, -0.2) is 64.1 Å². The number of aliphatic hydroxyl groups is 3. The summed E-state index contributed by atoms with van der Waals surface area (Å²) in [5.41, 5.74) is 3.59. The monoisotopic (exact) mass is 661 g/mol. The maximum Gasteiger partial charge on any atom is 0.408 e. The number of carbonyl (C=O) groups is 1. The van der Waals surface area contributed by atoms with Gasteiger partial charge in [0.05, 0.1) is 24.9 Å². The van der Waals surface area contributed by atoms with Crippen LogP contribution in [-0.2, 0) is 22.3 Å². The van der Waals surface area contributed by atoms with Crippen molar-refractivity contribution in [2.75, 3.05) is 13.2 Å². The molecule has 0 unspecified atom stereocenters.